The average molecular weight is 336 g/mol. The number of rotatable bonds is 3. The quantitative estimate of drug-likeness (QED) is 0.928. The van der Waals surface area contributed by atoms with E-state index < -0.39 is 0 Å². The van der Waals surface area contributed by atoms with Crippen molar-refractivity contribution < 1.29 is 4.52 Å². The van der Waals surface area contributed by atoms with Crippen LogP contribution in [0, 0.1) is 0 Å². The normalized spacial score (nSPS) is 18.1. The minimum absolute atomic E-state index is 0.171. The van der Waals surface area contributed by atoms with E-state index in [1.54, 1.807) is 0 Å². The van der Waals surface area contributed by atoms with Crippen molar-refractivity contribution in [2.75, 3.05) is 0 Å². The van der Waals surface area contributed by atoms with Crippen LogP contribution in [0.5, 0.6) is 0 Å². The molecule has 0 bridgehead atoms. The van der Waals surface area contributed by atoms with E-state index in [9.17, 15) is 0 Å². The highest BCUT2D eigenvalue weighted by atomic mass is 79.9. The first-order chi connectivity index (χ1) is 9.66. The molecule has 106 valence electrons. The summed E-state index contributed by atoms with van der Waals surface area (Å²) in [5, 5.41) is 4.07. The van der Waals surface area contributed by atoms with Crippen LogP contribution in [0.15, 0.2) is 33.3 Å². The Kier molecular flexibility index (Phi) is 3.89. The molecule has 5 heteroatoms. The highest BCUT2D eigenvalue weighted by Crippen LogP contribution is 2.30. The van der Waals surface area contributed by atoms with Gasteiger partial charge in [0.1, 0.15) is 0 Å². The molecule has 1 heterocycles. The molecule has 1 aromatic heterocycles. The number of halogens is 1. The Labute approximate surface area is 126 Å². The summed E-state index contributed by atoms with van der Waals surface area (Å²) in [4.78, 5) is 4.49. The van der Waals surface area contributed by atoms with Gasteiger partial charge in [-0.2, -0.15) is 4.98 Å². The van der Waals surface area contributed by atoms with E-state index in [1.807, 2.05) is 24.3 Å². The first-order valence-electron chi connectivity index (χ1n) is 7.03. The summed E-state index contributed by atoms with van der Waals surface area (Å²) >= 11 is 3.50. The van der Waals surface area contributed by atoms with Crippen molar-refractivity contribution in [3.8, 4) is 11.4 Å². The fourth-order valence-corrected chi connectivity index (χ4v) is 3.27. The molecular formula is C15H18BrN3O. The Morgan fingerprint density at radius 3 is 2.70 bits per heavy atom. The van der Waals surface area contributed by atoms with Gasteiger partial charge in [-0.05, 0) is 25.0 Å². The van der Waals surface area contributed by atoms with E-state index in [1.165, 1.54) is 19.3 Å². The Morgan fingerprint density at radius 2 is 1.95 bits per heavy atom. The van der Waals surface area contributed by atoms with Gasteiger partial charge < -0.3 is 10.3 Å². The van der Waals surface area contributed by atoms with Crippen molar-refractivity contribution in [2.24, 2.45) is 5.73 Å². The number of nitrogens with zero attached hydrogens (tertiary/aromatic N) is 2. The lowest BCUT2D eigenvalue weighted by Gasteiger charge is -2.31. The van der Waals surface area contributed by atoms with Crippen LogP contribution in [0.4, 0.5) is 0 Å². The van der Waals surface area contributed by atoms with Crippen LogP contribution in [-0.4, -0.2) is 15.7 Å². The second-order valence-electron chi connectivity index (χ2n) is 5.59. The highest BCUT2D eigenvalue weighted by molar-refractivity contribution is 9.10. The zero-order valence-corrected chi connectivity index (χ0v) is 12.9. The predicted molar refractivity (Wildman–Crippen MR) is 81.1 cm³/mol. The van der Waals surface area contributed by atoms with E-state index in [0.717, 1.165) is 22.9 Å². The van der Waals surface area contributed by atoms with Crippen LogP contribution in [0.1, 0.15) is 38.0 Å². The summed E-state index contributed by atoms with van der Waals surface area (Å²) in [7, 11) is 0. The van der Waals surface area contributed by atoms with Crippen LogP contribution in [0.25, 0.3) is 11.4 Å². The average Bonchev–Trinajstić information content (AvgIpc) is 2.87. The Balaban J connectivity index is 1.79. The van der Waals surface area contributed by atoms with Crippen molar-refractivity contribution in [3.63, 3.8) is 0 Å². The Bertz CT molecular complexity index is 590. The maximum atomic E-state index is 6.43. The second-order valence-corrected chi connectivity index (χ2v) is 6.45. The molecule has 1 aliphatic rings. The van der Waals surface area contributed by atoms with Crippen LogP contribution >= 0.6 is 15.9 Å². The molecule has 0 radical (unpaired) electrons. The molecule has 1 fully saturated rings. The maximum Gasteiger partial charge on any atom is 0.228 e. The molecule has 0 unspecified atom stereocenters. The fourth-order valence-electron chi connectivity index (χ4n) is 2.81. The molecule has 4 nitrogen and oxygen atoms in total. The third-order valence-electron chi connectivity index (χ3n) is 3.94. The van der Waals surface area contributed by atoms with Gasteiger partial charge in [-0.1, -0.05) is 52.5 Å². The van der Waals surface area contributed by atoms with Crippen LogP contribution in [0.2, 0.25) is 0 Å². The first kappa shape index (κ1) is 13.8. The van der Waals surface area contributed by atoms with Crippen LogP contribution in [0.3, 0.4) is 0 Å². The minimum Gasteiger partial charge on any atom is -0.339 e. The molecule has 0 amide bonds. The summed E-state index contributed by atoms with van der Waals surface area (Å²) in [6.07, 6.45) is 6.43. The summed E-state index contributed by atoms with van der Waals surface area (Å²) in [5.41, 5.74) is 7.20. The van der Waals surface area contributed by atoms with Gasteiger partial charge in [0.15, 0.2) is 0 Å². The SMILES string of the molecule is NC1(Cc2nc(-c3ccccc3Br)no2)CCCCC1. The molecule has 2 N–H and O–H groups in total. The summed E-state index contributed by atoms with van der Waals surface area (Å²) in [6.45, 7) is 0. The molecule has 0 saturated heterocycles. The van der Waals surface area contributed by atoms with Crippen LogP contribution < -0.4 is 5.73 Å². The fraction of sp³-hybridized carbons (Fsp3) is 0.467. The predicted octanol–water partition coefficient (Wildman–Crippen LogP) is 3.70. The summed E-state index contributed by atoms with van der Waals surface area (Å²) in [6, 6.07) is 7.86. The smallest absolute Gasteiger partial charge is 0.228 e. The lowest BCUT2D eigenvalue weighted by molar-refractivity contribution is 0.261. The molecule has 1 saturated carbocycles. The third-order valence-corrected chi connectivity index (χ3v) is 4.63. The Morgan fingerprint density at radius 1 is 1.20 bits per heavy atom. The molecule has 3 rings (SSSR count). The largest absolute Gasteiger partial charge is 0.339 e. The third kappa shape index (κ3) is 2.94. The number of aromatic nitrogens is 2. The van der Waals surface area contributed by atoms with Gasteiger partial charge in [-0.15, -0.1) is 0 Å². The van der Waals surface area contributed by atoms with Gasteiger partial charge in [0.05, 0.1) is 0 Å². The zero-order chi connectivity index (χ0) is 14.0. The molecule has 0 atom stereocenters. The van der Waals surface area contributed by atoms with Crippen molar-refractivity contribution in [3.05, 3.63) is 34.6 Å². The van der Waals surface area contributed by atoms with Gasteiger partial charge in [-0.3, -0.25) is 0 Å². The van der Waals surface area contributed by atoms with Crippen molar-refractivity contribution in [2.45, 2.75) is 44.1 Å². The standard InChI is InChI=1S/C15H18BrN3O/c16-12-7-3-2-6-11(12)14-18-13(20-19-14)10-15(17)8-4-1-5-9-15/h2-3,6-7H,1,4-5,8-10,17H2. The molecule has 0 aliphatic heterocycles. The summed E-state index contributed by atoms with van der Waals surface area (Å²) in [5.74, 6) is 1.26. The lowest BCUT2D eigenvalue weighted by Crippen LogP contribution is -2.43. The van der Waals surface area contributed by atoms with Gasteiger partial charge >= 0.3 is 0 Å². The van der Waals surface area contributed by atoms with Gasteiger partial charge in [-0.25, -0.2) is 0 Å². The molecule has 1 aliphatic carbocycles. The monoisotopic (exact) mass is 335 g/mol. The number of hydrogen-bond donors (Lipinski definition) is 1. The van der Waals surface area contributed by atoms with E-state index >= 15 is 0 Å². The van der Waals surface area contributed by atoms with Crippen LogP contribution in [-0.2, 0) is 6.42 Å². The molecule has 2 aromatic rings. The topological polar surface area (TPSA) is 64.9 Å². The van der Waals surface area contributed by atoms with Gasteiger partial charge in [0.25, 0.3) is 0 Å². The zero-order valence-electron chi connectivity index (χ0n) is 11.3. The van der Waals surface area contributed by atoms with E-state index in [-0.39, 0.29) is 5.54 Å². The van der Waals surface area contributed by atoms with Crippen molar-refractivity contribution in [1.29, 1.82) is 0 Å². The molecule has 1 aromatic carbocycles. The highest BCUT2D eigenvalue weighted by Gasteiger charge is 2.30. The van der Waals surface area contributed by atoms with Crippen molar-refractivity contribution >= 4 is 15.9 Å². The van der Waals surface area contributed by atoms with Gasteiger partial charge in [0.2, 0.25) is 11.7 Å². The number of nitrogens with two attached hydrogens (primary N) is 1. The molecular weight excluding hydrogens is 318 g/mol. The second kappa shape index (κ2) is 5.66. The van der Waals surface area contributed by atoms with E-state index in [2.05, 4.69) is 26.1 Å². The van der Waals surface area contributed by atoms with Crippen molar-refractivity contribution in [1.82, 2.24) is 10.1 Å². The maximum absolute atomic E-state index is 6.43. The molecule has 20 heavy (non-hydrogen) atoms. The van der Waals surface area contributed by atoms with Gasteiger partial charge in [0, 0.05) is 22.0 Å². The molecule has 0 spiro atoms. The minimum atomic E-state index is -0.171. The van der Waals surface area contributed by atoms with E-state index in [4.69, 9.17) is 10.3 Å². The number of benzene rings is 1. The first-order valence-corrected chi connectivity index (χ1v) is 7.82. The van der Waals surface area contributed by atoms with E-state index in [0.29, 0.717) is 18.1 Å². The Hall–Kier alpha value is -1.20. The number of hydrogen-bond acceptors (Lipinski definition) is 4. The lowest BCUT2D eigenvalue weighted by atomic mass is 9.80. The summed E-state index contributed by atoms with van der Waals surface area (Å²) < 4.78 is 6.35.